The summed E-state index contributed by atoms with van der Waals surface area (Å²) in [6.45, 7) is 1.42. The van der Waals surface area contributed by atoms with Crippen molar-refractivity contribution in [3.8, 4) is 17.2 Å². The molecule has 0 saturated carbocycles. The number of methoxy groups -OCH3 is 3. The van der Waals surface area contributed by atoms with Crippen LogP contribution in [0.1, 0.15) is 30.0 Å². The van der Waals surface area contributed by atoms with E-state index in [0.717, 1.165) is 28.4 Å². The lowest BCUT2D eigenvalue weighted by atomic mass is 9.91. The zero-order chi connectivity index (χ0) is 20.1. The van der Waals surface area contributed by atoms with Gasteiger partial charge in [-0.05, 0) is 55.8 Å². The summed E-state index contributed by atoms with van der Waals surface area (Å²) < 4.78 is 16.3. The van der Waals surface area contributed by atoms with Crippen molar-refractivity contribution < 1.29 is 24.1 Å². The third kappa shape index (κ3) is 4.22. The predicted molar refractivity (Wildman–Crippen MR) is 106 cm³/mol. The van der Waals surface area contributed by atoms with E-state index in [1.54, 1.807) is 21.3 Å². The molecule has 1 atom stereocenters. The van der Waals surface area contributed by atoms with Crippen LogP contribution in [0.3, 0.4) is 0 Å². The highest BCUT2D eigenvalue weighted by molar-refractivity contribution is 5.70. The monoisotopic (exact) mass is 385 g/mol. The van der Waals surface area contributed by atoms with Crippen molar-refractivity contribution in [2.24, 2.45) is 5.92 Å². The van der Waals surface area contributed by atoms with Crippen LogP contribution in [0.2, 0.25) is 0 Å². The zero-order valence-corrected chi connectivity index (χ0v) is 16.6. The molecule has 1 aliphatic rings. The second kappa shape index (κ2) is 8.97. The normalized spacial score (nSPS) is 16.4. The first kappa shape index (κ1) is 20.0. The number of carboxylic acids is 1. The third-order valence-electron chi connectivity index (χ3n) is 5.41. The maximum atomic E-state index is 11.3. The van der Waals surface area contributed by atoms with Gasteiger partial charge in [-0.3, -0.25) is 9.69 Å². The highest BCUT2D eigenvalue weighted by Gasteiger charge is 2.31. The number of rotatable bonds is 7. The molecule has 0 aromatic heterocycles. The van der Waals surface area contributed by atoms with Gasteiger partial charge >= 0.3 is 5.97 Å². The standard InChI is InChI=1S/C22H27NO5/c1-26-17-6-4-15(5-7-17)21(23-12-10-16(11-13-23)22(24)25)19-9-8-18(27-2)14-20(19)28-3/h4-9,14,16,21H,10-13H2,1-3H3,(H,24,25). The fraction of sp³-hybridized carbons (Fsp3) is 0.409. The first-order valence-electron chi connectivity index (χ1n) is 9.40. The molecule has 2 aromatic rings. The SMILES string of the molecule is COc1ccc(C(c2ccc(OC)cc2OC)N2CCC(C(=O)O)CC2)cc1. The summed E-state index contributed by atoms with van der Waals surface area (Å²) in [4.78, 5) is 13.7. The molecule has 6 nitrogen and oxygen atoms in total. The zero-order valence-electron chi connectivity index (χ0n) is 16.6. The van der Waals surface area contributed by atoms with Crippen LogP contribution >= 0.6 is 0 Å². The van der Waals surface area contributed by atoms with Crippen LogP contribution in [-0.2, 0) is 4.79 Å². The molecule has 3 rings (SSSR count). The summed E-state index contributed by atoms with van der Waals surface area (Å²) in [5.41, 5.74) is 2.14. The van der Waals surface area contributed by atoms with Gasteiger partial charge in [0.15, 0.2) is 0 Å². The third-order valence-corrected chi connectivity index (χ3v) is 5.41. The van der Waals surface area contributed by atoms with Crippen molar-refractivity contribution in [1.82, 2.24) is 4.90 Å². The first-order chi connectivity index (χ1) is 13.6. The van der Waals surface area contributed by atoms with E-state index >= 15 is 0 Å². The predicted octanol–water partition coefficient (Wildman–Crippen LogP) is 3.60. The van der Waals surface area contributed by atoms with Gasteiger partial charge in [-0.15, -0.1) is 0 Å². The second-order valence-electron chi connectivity index (χ2n) is 6.93. The summed E-state index contributed by atoms with van der Waals surface area (Å²) in [5, 5.41) is 9.33. The maximum Gasteiger partial charge on any atom is 0.306 e. The Balaban J connectivity index is 1.98. The Bertz CT molecular complexity index is 797. The number of hydrogen-bond acceptors (Lipinski definition) is 5. The van der Waals surface area contributed by atoms with E-state index < -0.39 is 5.97 Å². The van der Waals surface area contributed by atoms with Crippen LogP contribution < -0.4 is 14.2 Å². The number of carboxylic acid groups (broad SMARTS) is 1. The van der Waals surface area contributed by atoms with Crippen LogP contribution in [0.5, 0.6) is 17.2 Å². The van der Waals surface area contributed by atoms with Crippen LogP contribution in [-0.4, -0.2) is 50.4 Å². The molecule has 0 amide bonds. The van der Waals surface area contributed by atoms with Crippen LogP contribution in [0.25, 0.3) is 0 Å². The van der Waals surface area contributed by atoms with Crippen molar-refractivity contribution >= 4 is 5.97 Å². The van der Waals surface area contributed by atoms with E-state index in [9.17, 15) is 9.90 Å². The average molecular weight is 385 g/mol. The molecule has 1 fully saturated rings. The van der Waals surface area contributed by atoms with E-state index in [1.807, 2.05) is 30.3 Å². The van der Waals surface area contributed by atoms with E-state index in [4.69, 9.17) is 14.2 Å². The van der Waals surface area contributed by atoms with Gasteiger partial charge in [-0.1, -0.05) is 12.1 Å². The molecule has 1 heterocycles. The molecule has 0 aliphatic carbocycles. The van der Waals surface area contributed by atoms with Gasteiger partial charge in [0, 0.05) is 11.6 Å². The molecule has 1 aliphatic heterocycles. The van der Waals surface area contributed by atoms with Gasteiger partial charge in [0.25, 0.3) is 0 Å². The molecule has 1 N–H and O–H groups in total. The topological polar surface area (TPSA) is 68.2 Å². The lowest BCUT2D eigenvalue weighted by molar-refractivity contribution is -0.143. The lowest BCUT2D eigenvalue weighted by Gasteiger charge is -2.37. The molecular weight excluding hydrogens is 358 g/mol. The van der Waals surface area contributed by atoms with Crippen LogP contribution in [0, 0.1) is 5.92 Å². The Morgan fingerprint density at radius 2 is 1.57 bits per heavy atom. The van der Waals surface area contributed by atoms with Crippen molar-refractivity contribution in [3.63, 3.8) is 0 Å². The smallest absolute Gasteiger partial charge is 0.306 e. The Hall–Kier alpha value is -2.73. The molecule has 28 heavy (non-hydrogen) atoms. The molecule has 0 radical (unpaired) electrons. The van der Waals surface area contributed by atoms with Gasteiger partial charge in [-0.25, -0.2) is 0 Å². The van der Waals surface area contributed by atoms with Crippen LogP contribution in [0.15, 0.2) is 42.5 Å². The molecule has 0 bridgehead atoms. The molecular formula is C22H27NO5. The minimum atomic E-state index is -0.706. The molecule has 150 valence electrons. The Labute approximate surface area is 165 Å². The van der Waals surface area contributed by atoms with E-state index in [2.05, 4.69) is 17.0 Å². The minimum Gasteiger partial charge on any atom is -0.497 e. The molecule has 2 aromatic carbocycles. The lowest BCUT2D eigenvalue weighted by Crippen LogP contribution is -2.39. The van der Waals surface area contributed by atoms with Gasteiger partial charge in [0.05, 0.1) is 33.3 Å². The second-order valence-corrected chi connectivity index (χ2v) is 6.93. The molecule has 1 saturated heterocycles. The van der Waals surface area contributed by atoms with E-state index in [1.165, 1.54) is 0 Å². The summed E-state index contributed by atoms with van der Waals surface area (Å²) in [6.07, 6.45) is 1.28. The number of likely N-dealkylation sites (tertiary alicyclic amines) is 1. The quantitative estimate of drug-likeness (QED) is 0.785. The number of piperidine rings is 1. The maximum absolute atomic E-state index is 11.3. The number of carbonyl (C=O) groups is 1. The summed E-state index contributed by atoms with van der Waals surface area (Å²) >= 11 is 0. The highest BCUT2D eigenvalue weighted by atomic mass is 16.5. The number of benzene rings is 2. The van der Waals surface area contributed by atoms with Gasteiger partial charge < -0.3 is 19.3 Å². The Kier molecular flexibility index (Phi) is 6.41. The van der Waals surface area contributed by atoms with Gasteiger partial charge in [-0.2, -0.15) is 0 Å². The van der Waals surface area contributed by atoms with Gasteiger partial charge in [0.2, 0.25) is 0 Å². The fourth-order valence-electron chi connectivity index (χ4n) is 3.82. The van der Waals surface area contributed by atoms with Crippen molar-refractivity contribution in [1.29, 1.82) is 0 Å². The molecule has 0 spiro atoms. The minimum absolute atomic E-state index is 0.0403. The largest absolute Gasteiger partial charge is 0.497 e. The fourth-order valence-corrected chi connectivity index (χ4v) is 3.82. The molecule has 6 heteroatoms. The average Bonchev–Trinajstić information content (AvgIpc) is 2.75. The number of hydrogen-bond donors (Lipinski definition) is 1. The number of nitrogens with zero attached hydrogens (tertiary/aromatic N) is 1. The summed E-state index contributed by atoms with van der Waals surface area (Å²) in [5.74, 6) is 1.31. The highest BCUT2D eigenvalue weighted by Crippen LogP contribution is 2.39. The van der Waals surface area contributed by atoms with Crippen molar-refractivity contribution in [2.45, 2.75) is 18.9 Å². The molecule has 1 unspecified atom stereocenters. The summed E-state index contributed by atoms with van der Waals surface area (Å²) in [7, 11) is 4.93. The van der Waals surface area contributed by atoms with E-state index in [0.29, 0.717) is 25.9 Å². The van der Waals surface area contributed by atoms with Crippen LogP contribution in [0.4, 0.5) is 0 Å². The van der Waals surface area contributed by atoms with Gasteiger partial charge in [0.1, 0.15) is 17.2 Å². The number of ether oxygens (including phenoxy) is 3. The van der Waals surface area contributed by atoms with Crippen molar-refractivity contribution in [2.75, 3.05) is 34.4 Å². The number of aliphatic carboxylic acids is 1. The summed E-state index contributed by atoms with van der Waals surface area (Å²) in [6, 6.07) is 13.8. The first-order valence-corrected chi connectivity index (χ1v) is 9.40. The Morgan fingerprint density at radius 1 is 0.964 bits per heavy atom. The Morgan fingerprint density at radius 3 is 2.11 bits per heavy atom. The van der Waals surface area contributed by atoms with Crippen molar-refractivity contribution in [3.05, 3.63) is 53.6 Å². The van der Waals surface area contributed by atoms with E-state index in [-0.39, 0.29) is 12.0 Å².